The molecule has 1 saturated carbocycles. The Morgan fingerprint density at radius 2 is 1.74 bits per heavy atom. The Kier molecular flexibility index (Phi) is 5.37. The van der Waals surface area contributed by atoms with Crippen molar-refractivity contribution in [3.05, 3.63) is 66.7 Å². The minimum atomic E-state index is 0.249. The summed E-state index contributed by atoms with van der Waals surface area (Å²) in [7, 11) is 0. The maximum atomic E-state index is 12.6. The molecule has 1 amide bonds. The lowest BCUT2D eigenvalue weighted by Gasteiger charge is -2.31. The number of carbonyl (C=O) groups is 1. The Labute approximate surface area is 182 Å². The van der Waals surface area contributed by atoms with Gasteiger partial charge in [0.25, 0.3) is 0 Å². The summed E-state index contributed by atoms with van der Waals surface area (Å²) in [6.07, 6.45) is 6.41. The van der Waals surface area contributed by atoms with Crippen molar-refractivity contribution in [3.63, 3.8) is 0 Å². The van der Waals surface area contributed by atoms with Crippen molar-refractivity contribution < 1.29 is 4.79 Å². The lowest BCUT2D eigenvalue weighted by Crippen LogP contribution is -2.39. The number of anilines is 2. The normalized spacial score (nSPS) is 21.0. The number of piperidine rings is 1. The lowest BCUT2D eigenvalue weighted by molar-refractivity contribution is -0.133. The van der Waals surface area contributed by atoms with Crippen LogP contribution in [0, 0.1) is 11.8 Å². The summed E-state index contributed by atoms with van der Waals surface area (Å²) in [5, 5.41) is 3.42. The van der Waals surface area contributed by atoms with E-state index in [-0.39, 0.29) is 11.8 Å². The van der Waals surface area contributed by atoms with E-state index in [4.69, 9.17) is 9.97 Å². The van der Waals surface area contributed by atoms with Gasteiger partial charge in [0.15, 0.2) is 0 Å². The number of carbonyl (C=O) groups excluding carboxylic acids is 1. The van der Waals surface area contributed by atoms with Crippen molar-refractivity contribution >= 4 is 17.4 Å². The summed E-state index contributed by atoms with van der Waals surface area (Å²) >= 11 is 0. The molecular formula is C25H27N5O. The molecule has 2 atom stereocenters. The lowest BCUT2D eigenvalue weighted by atomic mass is 9.95. The Balaban J connectivity index is 1.38. The largest absolute Gasteiger partial charge is 0.342 e. The average Bonchev–Trinajstić information content (AvgIpc) is 3.56. The molecule has 31 heavy (non-hydrogen) atoms. The Morgan fingerprint density at radius 1 is 1.03 bits per heavy atom. The van der Waals surface area contributed by atoms with Crippen LogP contribution in [-0.4, -0.2) is 38.8 Å². The Bertz CT molecular complexity index is 1050. The van der Waals surface area contributed by atoms with E-state index in [0.717, 1.165) is 60.9 Å². The monoisotopic (exact) mass is 413 g/mol. The molecule has 1 aliphatic carbocycles. The average molecular weight is 414 g/mol. The maximum Gasteiger partial charge on any atom is 0.225 e. The second-order valence-electron chi connectivity index (χ2n) is 8.64. The minimum Gasteiger partial charge on any atom is -0.342 e. The summed E-state index contributed by atoms with van der Waals surface area (Å²) < 4.78 is 0. The van der Waals surface area contributed by atoms with Gasteiger partial charge in [-0.25, -0.2) is 9.97 Å². The number of para-hydroxylation sites is 1. The van der Waals surface area contributed by atoms with E-state index >= 15 is 0 Å². The van der Waals surface area contributed by atoms with E-state index < -0.39 is 0 Å². The van der Waals surface area contributed by atoms with Gasteiger partial charge >= 0.3 is 0 Å². The third-order valence-electron chi connectivity index (χ3n) is 6.36. The van der Waals surface area contributed by atoms with E-state index in [0.29, 0.717) is 11.8 Å². The molecule has 158 valence electrons. The summed E-state index contributed by atoms with van der Waals surface area (Å²) in [4.78, 5) is 28.5. The van der Waals surface area contributed by atoms with Crippen LogP contribution in [0.2, 0.25) is 0 Å². The Morgan fingerprint density at radius 3 is 2.42 bits per heavy atom. The molecule has 2 aromatic heterocycles. The smallest absolute Gasteiger partial charge is 0.225 e. The third kappa shape index (κ3) is 4.43. The van der Waals surface area contributed by atoms with Crippen LogP contribution in [-0.2, 0) is 4.79 Å². The van der Waals surface area contributed by atoms with E-state index in [1.165, 1.54) is 0 Å². The van der Waals surface area contributed by atoms with Crippen molar-refractivity contribution in [1.29, 1.82) is 0 Å². The van der Waals surface area contributed by atoms with Crippen LogP contribution in [0.15, 0.2) is 60.9 Å². The van der Waals surface area contributed by atoms with Gasteiger partial charge in [-0.3, -0.25) is 9.78 Å². The van der Waals surface area contributed by atoms with Gasteiger partial charge in [-0.15, -0.1) is 0 Å². The van der Waals surface area contributed by atoms with Crippen molar-refractivity contribution in [2.24, 2.45) is 11.8 Å². The van der Waals surface area contributed by atoms with Crippen molar-refractivity contribution in [3.8, 4) is 11.3 Å². The number of amides is 1. The van der Waals surface area contributed by atoms with Crippen molar-refractivity contribution in [1.82, 2.24) is 19.9 Å². The van der Waals surface area contributed by atoms with Crippen LogP contribution >= 0.6 is 0 Å². The fraction of sp³-hybridized carbons (Fsp3) is 0.360. The molecule has 1 N–H and O–H groups in total. The number of rotatable bonds is 5. The van der Waals surface area contributed by atoms with Crippen LogP contribution in [0.25, 0.3) is 11.3 Å². The second-order valence-corrected chi connectivity index (χ2v) is 8.64. The highest BCUT2D eigenvalue weighted by molar-refractivity contribution is 5.81. The number of hydrogen-bond acceptors (Lipinski definition) is 5. The SMILES string of the molecule is CC1CC1C(=O)N1CCC(c2nc(Nc3ccccc3)cc(-c3ccncc3)n2)CC1. The Hall–Kier alpha value is -3.28. The number of pyridine rings is 1. The van der Waals surface area contributed by atoms with Gasteiger partial charge < -0.3 is 10.2 Å². The molecule has 6 heteroatoms. The van der Waals surface area contributed by atoms with E-state index in [1.54, 1.807) is 12.4 Å². The zero-order chi connectivity index (χ0) is 21.2. The fourth-order valence-corrected chi connectivity index (χ4v) is 4.31. The fourth-order valence-electron chi connectivity index (χ4n) is 4.31. The highest BCUT2D eigenvalue weighted by Crippen LogP contribution is 2.40. The van der Waals surface area contributed by atoms with Gasteiger partial charge in [0, 0.05) is 54.6 Å². The zero-order valence-electron chi connectivity index (χ0n) is 17.7. The van der Waals surface area contributed by atoms with Crippen LogP contribution < -0.4 is 5.32 Å². The highest BCUT2D eigenvalue weighted by Gasteiger charge is 2.42. The molecule has 0 spiro atoms. The first-order valence-corrected chi connectivity index (χ1v) is 11.1. The number of benzene rings is 1. The van der Waals surface area contributed by atoms with Crippen LogP contribution in [0.4, 0.5) is 11.5 Å². The molecular weight excluding hydrogens is 386 g/mol. The number of likely N-dealkylation sites (tertiary alicyclic amines) is 1. The summed E-state index contributed by atoms with van der Waals surface area (Å²) in [6, 6.07) is 16.0. The first-order valence-electron chi connectivity index (χ1n) is 11.1. The van der Waals surface area contributed by atoms with Crippen molar-refractivity contribution in [2.45, 2.75) is 32.1 Å². The third-order valence-corrected chi connectivity index (χ3v) is 6.36. The molecule has 1 aliphatic heterocycles. The van der Waals surface area contributed by atoms with Gasteiger partial charge in [0.05, 0.1) is 5.69 Å². The van der Waals surface area contributed by atoms with Crippen LogP contribution in [0.5, 0.6) is 0 Å². The number of nitrogens with one attached hydrogen (secondary N) is 1. The predicted octanol–water partition coefficient (Wildman–Crippen LogP) is 4.64. The summed E-state index contributed by atoms with van der Waals surface area (Å²) in [5.41, 5.74) is 2.90. The number of aromatic nitrogens is 3. The molecule has 0 bridgehead atoms. The molecule has 5 rings (SSSR count). The van der Waals surface area contributed by atoms with Crippen molar-refractivity contribution in [2.75, 3.05) is 18.4 Å². The predicted molar refractivity (Wildman–Crippen MR) is 121 cm³/mol. The molecule has 6 nitrogen and oxygen atoms in total. The molecule has 1 aromatic carbocycles. The molecule has 2 fully saturated rings. The van der Waals surface area contributed by atoms with E-state index in [1.807, 2.05) is 53.4 Å². The second kappa shape index (κ2) is 8.46. The summed E-state index contributed by atoms with van der Waals surface area (Å²) in [6.45, 7) is 3.74. The van der Waals surface area contributed by atoms with Gasteiger partial charge in [-0.05, 0) is 49.4 Å². The van der Waals surface area contributed by atoms with Gasteiger partial charge in [0.1, 0.15) is 11.6 Å². The van der Waals surface area contributed by atoms with Gasteiger partial charge in [-0.2, -0.15) is 0 Å². The molecule has 3 heterocycles. The zero-order valence-corrected chi connectivity index (χ0v) is 17.7. The van der Waals surface area contributed by atoms with Gasteiger partial charge in [-0.1, -0.05) is 25.1 Å². The van der Waals surface area contributed by atoms with E-state index in [2.05, 4.69) is 17.2 Å². The summed E-state index contributed by atoms with van der Waals surface area (Å²) in [5.74, 6) is 3.03. The maximum absolute atomic E-state index is 12.6. The quantitative estimate of drug-likeness (QED) is 0.660. The minimum absolute atomic E-state index is 0.249. The standard InChI is InChI=1S/C25H27N5O/c1-17-15-21(17)25(31)30-13-9-19(10-14-30)24-28-22(18-7-11-26-12-8-18)16-23(29-24)27-20-5-3-2-4-6-20/h2-8,11-12,16-17,19,21H,9-10,13-15H2,1H3,(H,27,28,29). The van der Waals surface area contributed by atoms with E-state index in [9.17, 15) is 4.79 Å². The first-order chi connectivity index (χ1) is 15.2. The van der Waals surface area contributed by atoms with Crippen LogP contribution in [0.1, 0.15) is 37.9 Å². The first kappa shape index (κ1) is 19.7. The molecule has 0 radical (unpaired) electrons. The molecule has 1 saturated heterocycles. The van der Waals surface area contributed by atoms with Crippen LogP contribution in [0.3, 0.4) is 0 Å². The molecule has 3 aromatic rings. The van der Waals surface area contributed by atoms with Gasteiger partial charge in [0.2, 0.25) is 5.91 Å². The topological polar surface area (TPSA) is 71.0 Å². The number of nitrogens with zero attached hydrogens (tertiary/aromatic N) is 4. The molecule has 2 unspecified atom stereocenters. The molecule has 2 aliphatic rings. The highest BCUT2D eigenvalue weighted by atomic mass is 16.2. The number of hydrogen-bond donors (Lipinski definition) is 1.